The van der Waals surface area contributed by atoms with Crippen LogP contribution < -0.4 is 10.6 Å². The smallest absolute Gasteiger partial charge is 0.310 e. The number of guanidine groups is 1. The first-order chi connectivity index (χ1) is 13.0. The van der Waals surface area contributed by atoms with Gasteiger partial charge in [-0.1, -0.05) is 0 Å². The standard InChI is InChI=1S/C19H27FN4O3.HI/c1-3-21-19(24-11-5-6-14(13-24)18(26)27-4-2)22-12-17(25)23-16-9-7-15(20)8-10-16;/h7-10,14H,3-6,11-13H2,1-2H3,(H,21,22)(H,23,25);1H. The van der Waals surface area contributed by atoms with Gasteiger partial charge in [-0.15, -0.1) is 24.0 Å². The molecule has 156 valence electrons. The minimum absolute atomic E-state index is 0. The van der Waals surface area contributed by atoms with E-state index in [1.165, 1.54) is 24.3 Å². The third-order valence-corrected chi connectivity index (χ3v) is 4.18. The van der Waals surface area contributed by atoms with Crippen LogP contribution in [0.3, 0.4) is 0 Å². The van der Waals surface area contributed by atoms with E-state index < -0.39 is 0 Å². The summed E-state index contributed by atoms with van der Waals surface area (Å²) in [7, 11) is 0. The first kappa shape index (κ1) is 24.1. The number of benzene rings is 1. The van der Waals surface area contributed by atoms with Gasteiger partial charge in [0.25, 0.3) is 0 Å². The molecule has 2 rings (SSSR count). The molecule has 0 radical (unpaired) electrons. The van der Waals surface area contributed by atoms with E-state index in [-0.39, 0.29) is 54.1 Å². The largest absolute Gasteiger partial charge is 0.466 e. The Labute approximate surface area is 182 Å². The van der Waals surface area contributed by atoms with E-state index in [0.29, 0.717) is 31.3 Å². The average molecular weight is 506 g/mol. The van der Waals surface area contributed by atoms with E-state index in [1.54, 1.807) is 6.92 Å². The molecule has 0 spiro atoms. The van der Waals surface area contributed by atoms with Gasteiger partial charge in [0.1, 0.15) is 12.4 Å². The molecule has 0 aromatic heterocycles. The highest BCUT2D eigenvalue weighted by Gasteiger charge is 2.28. The Bertz CT molecular complexity index is 670. The van der Waals surface area contributed by atoms with Gasteiger partial charge in [0.15, 0.2) is 5.96 Å². The molecule has 28 heavy (non-hydrogen) atoms. The summed E-state index contributed by atoms with van der Waals surface area (Å²) in [4.78, 5) is 30.5. The number of nitrogens with one attached hydrogen (secondary N) is 2. The van der Waals surface area contributed by atoms with E-state index in [9.17, 15) is 14.0 Å². The van der Waals surface area contributed by atoms with Crippen molar-refractivity contribution in [2.75, 3.05) is 38.1 Å². The van der Waals surface area contributed by atoms with Gasteiger partial charge < -0.3 is 20.3 Å². The van der Waals surface area contributed by atoms with Crippen molar-refractivity contribution in [3.63, 3.8) is 0 Å². The lowest BCUT2D eigenvalue weighted by Gasteiger charge is -2.33. The number of rotatable bonds is 6. The molecular weight excluding hydrogens is 478 g/mol. The third kappa shape index (κ3) is 7.61. The molecule has 2 N–H and O–H groups in total. The second-order valence-electron chi connectivity index (χ2n) is 6.26. The van der Waals surface area contributed by atoms with Crippen molar-refractivity contribution in [2.45, 2.75) is 26.7 Å². The van der Waals surface area contributed by atoms with Gasteiger partial charge in [0, 0.05) is 25.3 Å². The van der Waals surface area contributed by atoms with Gasteiger partial charge in [-0.3, -0.25) is 9.59 Å². The summed E-state index contributed by atoms with van der Waals surface area (Å²) >= 11 is 0. The Morgan fingerprint density at radius 3 is 2.64 bits per heavy atom. The fraction of sp³-hybridized carbons (Fsp3) is 0.526. The molecular formula is C19H28FIN4O3. The van der Waals surface area contributed by atoms with Crippen LogP contribution in [-0.4, -0.2) is 55.5 Å². The van der Waals surface area contributed by atoms with Crippen LogP contribution in [0.2, 0.25) is 0 Å². The molecule has 0 aliphatic carbocycles. The number of amides is 1. The van der Waals surface area contributed by atoms with Crippen LogP contribution in [0, 0.1) is 11.7 Å². The number of anilines is 1. The topological polar surface area (TPSA) is 83.0 Å². The lowest BCUT2D eigenvalue weighted by molar-refractivity contribution is -0.149. The molecule has 9 heteroatoms. The number of hydrogen-bond donors (Lipinski definition) is 2. The predicted molar refractivity (Wildman–Crippen MR) is 117 cm³/mol. The zero-order valence-corrected chi connectivity index (χ0v) is 18.6. The zero-order valence-electron chi connectivity index (χ0n) is 16.2. The summed E-state index contributed by atoms with van der Waals surface area (Å²) in [5.41, 5.74) is 0.516. The molecule has 1 fully saturated rings. The first-order valence-corrected chi connectivity index (χ1v) is 9.28. The fourth-order valence-electron chi connectivity index (χ4n) is 2.93. The zero-order chi connectivity index (χ0) is 19.6. The van der Waals surface area contributed by atoms with Gasteiger partial charge in [0.05, 0.1) is 12.5 Å². The second-order valence-corrected chi connectivity index (χ2v) is 6.26. The van der Waals surface area contributed by atoms with Gasteiger partial charge in [-0.2, -0.15) is 0 Å². The Morgan fingerprint density at radius 1 is 1.29 bits per heavy atom. The van der Waals surface area contributed by atoms with E-state index in [0.717, 1.165) is 19.4 Å². The van der Waals surface area contributed by atoms with Crippen molar-refractivity contribution in [2.24, 2.45) is 10.9 Å². The average Bonchev–Trinajstić information content (AvgIpc) is 2.67. The lowest BCUT2D eigenvalue weighted by atomic mass is 9.98. The number of carbonyl (C=O) groups excluding carboxylic acids is 2. The number of nitrogens with zero attached hydrogens (tertiary/aromatic N) is 2. The maximum atomic E-state index is 12.9. The van der Waals surface area contributed by atoms with Crippen molar-refractivity contribution in [3.05, 3.63) is 30.1 Å². The van der Waals surface area contributed by atoms with Crippen LogP contribution in [0.25, 0.3) is 0 Å². The van der Waals surface area contributed by atoms with E-state index >= 15 is 0 Å². The number of likely N-dealkylation sites (tertiary alicyclic amines) is 1. The molecule has 1 aliphatic heterocycles. The summed E-state index contributed by atoms with van der Waals surface area (Å²) in [5, 5.41) is 5.84. The molecule has 1 heterocycles. The number of hydrogen-bond acceptors (Lipinski definition) is 4. The third-order valence-electron chi connectivity index (χ3n) is 4.18. The Hall–Kier alpha value is -1.91. The van der Waals surface area contributed by atoms with Crippen molar-refractivity contribution in [3.8, 4) is 0 Å². The van der Waals surface area contributed by atoms with E-state index in [4.69, 9.17) is 4.74 Å². The maximum Gasteiger partial charge on any atom is 0.310 e. The molecule has 1 amide bonds. The van der Waals surface area contributed by atoms with E-state index in [1.807, 2.05) is 11.8 Å². The van der Waals surface area contributed by atoms with Gasteiger partial charge in [-0.25, -0.2) is 9.38 Å². The Morgan fingerprint density at radius 2 is 2.00 bits per heavy atom. The normalized spacial score (nSPS) is 16.8. The highest BCUT2D eigenvalue weighted by Crippen LogP contribution is 2.18. The Balaban J connectivity index is 0.00000392. The van der Waals surface area contributed by atoms with Crippen LogP contribution in [0.4, 0.5) is 10.1 Å². The van der Waals surface area contributed by atoms with Crippen LogP contribution in [0.5, 0.6) is 0 Å². The molecule has 1 aromatic carbocycles. The summed E-state index contributed by atoms with van der Waals surface area (Å²) in [5.74, 6) is -0.430. The first-order valence-electron chi connectivity index (χ1n) is 9.28. The maximum absolute atomic E-state index is 12.9. The minimum atomic E-state index is -0.360. The van der Waals surface area contributed by atoms with Crippen molar-refractivity contribution in [1.82, 2.24) is 10.2 Å². The van der Waals surface area contributed by atoms with Crippen molar-refractivity contribution in [1.29, 1.82) is 0 Å². The van der Waals surface area contributed by atoms with Crippen LogP contribution in [0.1, 0.15) is 26.7 Å². The molecule has 0 bridgehead atoms. The molecule has 1 atom stereocenters. The number of aliphatic imine (C=N–C) groups is 1. The van der Waals surface area contributed by atoms with Gasteiger partial charge in [0.2, 0.25) is 5.91 Å². The van der Waals surface area contributed by atoms with Crippen LogP contribution >= 0.6 is 24.0 Å². The highest BCUT2D eigenvalue weighted by molar-refractivity contribution is 14.0. The summed E-state index contributed by atoms with van der Waals surface area (Å²) in [6, 6.07) is 5.56. The molecule has 1 aromatic rings. The SMILES string of the molecule is CCNC(=NCC(=O)Nc1ccc(F)cc1)N1CCCC(C(=O)OCC)C1.I. The monoisotopic (exact) mass is 506 g/mol. The molecule has 1 unspecified atom stereocenters. The Kier molecular flexibility index (Phi) is 10.8. The number of ether oxygens (including phenoxy) is 1. The number of esters is 1. The number of halogens is 2. The molecule has 0 saturated carbocycles. The van der Waals surface area contributed by atoms with Crippen LogP contribution in [-0.2, 0) is 14.3 Å². The second kappa shape index (κ2) is 12.5. The quantitative estimate of drug-likeness (QED) is 0.268. The highest BCUT2D eigenvalue weighted by atomic mass is 127. The fourth-order valence-corrected chi connectivity index (χ4v) is 2.93. The van der Waals surface area contributed by atoms with Gasteiger partial charge in [-0.05, 0) is 51.0 Å². The number of piperidine rings is 1. The van der Waals surface area contributed by atoms with Crippen molar-refractivity contribution < 1.29 is 18.7 Å². The lowest BCUT2D eigenvalue weighted by Crippen LogP contribution is -2.48. The summed E-state index contributed by atoms with van der Waals surface area (Å²) < 4.78 is 18.0. The molecule has 7 nitrogen and oxygen atoms in total. The summed E-state index contributed by atoms with van der Waals surface area (Å²) in [6.07, 6.45) is 1.65. The number of carbonyl (C=O) groups is 2. The molecule has 1 aliphatic rings. The van der Waals surface area contributed by atoms with Crippen molar-refractivity contribution >= 4 is 47.5 Å². The summed E-state index contributed by atoms with van der Waals surface area (Å²) in [6.45, 7) is 5.97. The molecule has 1 saturated heterocycles. The van der Waals surface area contributed by atoms with Gasteiger partial charge >= 0.3 is 5.97 Å². The van der Waals surface area contributed by atoms with Crippen LogP contribution in [0.15, 0.2) is 29.3 Å². The predicted octanol–water partition coefficient (Wildman–Crippen LogP) is 2.62. The minimum Gasteiger partial charge on any atom is -0.466 e. The van der Waals surface area contributed by atoms with E-state index in [2.05, 4.69) is 15.6 Å².